The fourth-order valence-electron chi connectivity index (χ4n) is 8.18. The molecule has 3 aromatic carbocycles. The number of fused-ring (bicyclic) bond motifs is 2. The molecule has 1 aliphatic carbocycles. The molecule has 6 rings (SSSR count). The van der Waals surface area contributed by atoms with Crippen molar-refractivity contribution < 1.29 is 4.58 Å². The van der Waals surface area contributed by atoms with E-state index in [0.29, 0.717) is 0 Å². The molecule has 3 aliphatic rings. The summed E-state index contributed by atoms with van der Waals surface area (Å²) in [5, 5.41) is 3.76. The first-order chi connectivity index (χ1) is 24.2. The van der Waals surface area contributed by atoms with E-state index in [-0.39, 0.29) is 10.8 Å². The number of nitrogens with one attached hydrogen (secondary N) is 1. The van der Waals surface area contributed by atoms with Gasteiger partial charge in [-0.2, -0.15) is 4.58 Å². The van der Waals surface area contributed by atoms with Crippen LogP contribution in [-0.2, 0) is 17.3 Å². The van der Waals surface area contributed by atoms with Crippen molar-refractivity contribution in [1.82, 2.24) is 5.32 Å². The maximum atomic E-state index is 6.66. The molecule has 2 heterocycles. The quantitative estimate of drug-likeness (QED) is 0.189. The highest BCUT2D eigenvalue weighted by Crippen LogP contribution is 2.48. The third kappa shape index (κ3) is 7.03. The Labute approximate surface area is 301 Å². The third-order valence-corrected chi connectivity index (χ3v) is 10.9. The lowest BCUT2D eigenvalue weighted by Crippen LogP contribution is -2.28. The summed E-state index contributed by atoms with van der Waals surface area (Å²) in [5.74, 6) is 0. The van der Waals surface area contributed by atoms with E-state index in [1.807, 2.05) is 6.20 Å². The van der Waals surface area contributed by atoms with E-state index in [2.05, 4.69) is 160 Å². The normalized spacial score (nSPS) is 20.0. The highest BCUT2D eigenvalue weighted by molar-refractivity contribution is 6.03. The van der Waals surface area contributed by atoms with Crippen molar-refractivity contribution in [3.05, 3.63) is 154 Å². The zero-order valence-electron chi connectivity index (χ0n) is 31.2. The highest BCUT2D eigenvalue weighted by atomic mass is 15.2. The second-order valence-corrected chi connectivity index (χ2v) is 15.2. The standard InChI is InChI=1S/C46H56N4/c1-7-31-49-40-23-14-12-21-38(40)45(3,4)42(49)29-26-35-19-16-20-36(44(35)48-33-37(47)28-25-34-17-10-9-11-18-34)27-30-43-46(5,6)39-22-13-15-24-41(39)50(43)32-8-2/h9-15,17-18,21-24,26-27,29-30,33H,7-8,16,19-20,25,28,31-32,47H2,1-6H3/p+1/b35-26+,37-33-,42-29+. The van der Waals surface area contributed by atoms with Crippen molar-refractivity contribution in [2.24, 2.45) is 5.73 Å². The summed E-state index contributed by atoms with van der Waals surface area (Å²) < 4.78 is 2.53. The molecular formula is C46H57N4+. The summed E-state index contributed by atoms with van der Waals surface area (Å²) in [4.78, 5) is 2.53. The highest BCUT2D eigenvalue weighted by Gasteiger charge is 2.44. The molecule has 0 radical (unpaired) electrons. The van der Waals surface area contributed by atoms with E-state index in [4.69, 9.17) is 5.73 Å². The lowest BCUT2D eigenvalue weighted by Gasteiger charge is -2.27. The lowest BCUT2D eigenvalue weighted by molar-refractivity contribution is -0.437. The molecule has 0 amide bonds. The SMILES string of the molecule is CCCN1/C(=C/C=C2\CCCC(/C=C/C3=[N+](CCC)c4ccccc4C3(C)C)=C2N/C=C(\N)CCc2ccccc2)C(C)(C)c2ccccc21. The van der Waals surface area contributed by atoms with Crippen LogP contribution in [0.4, 0.5) is 11.4 Å². The Morgan fingerprint density at radius 3 is 2.30 bits per heavy atom. The van der Waals surface area contributed by atoms with Gasteiger partial charge in [-0.25, -0.2) is 0 Å². The van der Waals surface area contributed by atoms with Crippen molar-refractivity contribution in [3.8, 4) is 0 Å². The Hall–Kier alpha value is -4.57. The average molecular weight is 666 g/mol. The monoisotopic (exact) mass is 665 g/mol. The molecule has 2 aliphatic heterocycles. The largest absolute Gasteiger partial charge is 0.401 e. The van der Waals surface area contributed by atoms with E-state index in [9.17, 15) is 0 Å². The second-order valence-electron chi connectivity index (χ2n) is 15.2. The van der Waals surface area contributed by atoms with Crippen molar-refractivity contribution in [2.75, 3.05) is 18.0 Å². The van der Waals surface area contributed by atoms with Gasteiger partial charge >= 0.3 is 0 Å². The minimum Gasteiger partial charge on any atom is -0.401 e. The predicted molar refractivity (Wildman–Crippen MR) is 213 cm³/mol. The molecular weight excluding hydrogens is 609 g/mol. The minimum atomic E-state index is -0.0677. The molecule has 0 bridgehead atoms. The number of aryl methyl sites for hydroxylation is 1. The zero-order valence-corrected chi connectivity index (χ0v) is 31.2. The van der Waals surface area contributed by atoms with Gasteiger partial charge in [0.15, 0.2) is 5.71 Å². The van der Waals surface area contributed by atoms with Gasteiger partial charge < -0.3 is 16.0 Å². The zero-order chi connectivity index (χ0) is 35.3. The summed E-state index contributed by atoms with van der Waals surface area (Å²) >= 11 is 0. The summed E-state index contributed by atoms with van der Waals surface area (Å²) in [6, 6.07) is 28.5. The Balaban J connectivity index is 1.39. The van der Waals surface area contributed by atoms with E-state index in [0.717, 1.165) is 63.7 Å². The molecule has 3 N–H and O–H groups in total. The topological polar surface area (TPSA) is 44.3 Å². The number of anilines is 1. The van der Waals surface area contributed by atoms with Crippen molar-refractivity contribution >= 4 is 17.1 Å². The number of hydrogen-bond acceptors (Lipinski definition) is 3. The van der Waals surface area contributed by atoms with Crippen LogP contribution in [-0.4, -0.2) is 23.4 Å². The number of rotatable bonds is 12. The summed E-state index contributed by atoms with van der Waals surface area (Å²) in [6.45, 7) is 16.0. The van der Waals surface area contributed by atoms with Gasteiger partial charge in [0.1, 0.15) is 6.54 Å². The van der Waals surface area contributed by atoms with E-state index >= 15 is 0 Å². The van der Waals surface area contributed by atoms with Crippen LogP contribution in [0.2, 0.25) is 0 Å². The first-order valence-electron chi connectivity index (χ1n) is 18.9. The van der Waals surface area contributed by atoms with Gasteiger partial charge in [-0.05, 0) is 86.8 Å². The fourth-order valence-corrected chi connectivity index (χ4v) is 8.18. The van der Waals surface area contributed by atoms with E-state index in [1.165, 1.54) is 56.3 Å². The predicted octanol–water partition coefficient (Wildman–Crippen LogP) is 10.5. The molecule has 0 fully saturated rings. The van der Waals surface area contributed by atoms with Gasteiger partial charge in [0.05, 0.1) is 5.41 Å². The molecule has 260 valence electrons. The summed E-state index contributed by atoms with van der Waals surface area (Å²) in [7, 11) is 0. The number of nitrogens with zero attached hydrogens (tertiary/aromatic N) is 2. The Morgan fingerprint density at radius 2 is 1.54 bits per heavy atom. The van der Waals surface area contributed by atoms with Gasteiger partial charge in [0, 0.05) is 65.1 Å². The van der Waals surface area contributed by atoms with Crippen LogP contribution >= 0.6 is 0 Å². The second kappa shape index (κ2) is 15.1. The Bertz CT molecular complexity index is 1880. The lowest BCUT2D eigenvalue weighted by atomic mass is 9.81. The van der Waals surface area contributed by atoms with Gasteiger partial charge in [-0.15, -0.1) is 0 Å². The first-order valence-corrected chi connectivity index (χ1v) is 18.9. The van der Waals surface area contributed by atoms with Crippen LogP contribution in [0.5, 0.6) is 0 Å². The third-order valence-electron chi connectivity index (χ3n) is 10.9. The van der Waals surface area contributed by atoms with Crippen molar-refractivity contribution in [3.63, 3.8) is 0 Å². The number of benzene rings is 3. The van der Waals surface area contributed by atoms with Crippen LogP contribution in [0.1, 0.15) is 96.8 Å². The van der Waals surface area contributed by atoms with E-state index < -0.39 is 0 Å². The van der Waals surface area contributed by atoms with Crippen LogP contribution in [0.25, 0.3) is 0 Å². The Morgan fingerprint density at radius 1 is 0.820 bits per heavy atom. The Kier molecular flexibility index (Phi) is 10.7. The molecule has 50 heavy (non-hydrogen) atoms. The van der Waals surface area contributed by atoms with Crippen molar-refractivity contribution in [2.45, 2.75) is 97.3 Å². The summed E-state index contributed by atoms with van der Waals surface area (Å²) in [5.41, 5.74) is 20.8. The molecule has 0 aromatic heterocycles. The molecule has 0 unspecified atom stereocenters. The minimum absolute atomic E-state index is 0.0677. The molecule has 4 nitrogen and oxygen atoms in total. The average Bonchev–Trinajstić information content (AvgIpc) is 3.47. The van der Waals surface area contributed by atoms with Gasteiger partial charge in [-0.1, -0.05) is 107 Å². The van der Waals surface area contributed by atoms with Crippen LogP contribution in [0.3, 0.4) is 0 Å². The first kappa shape index (κ1) is 35.3. The molecule has 0 atom stereocenters. The van der Waals surface area contributed by atoms with Gasteiger partial charge in [-0.3, -0.25) is 0 Å². The maximum Gasteiger partial charge on any atom is 0.209 e. The van der Waals surface area contributed by atoms with Crippen molar-refractivity contribution in [1.29, 1.82) is 0 Å². The number of nitrogens with two attached hydrogens (primary N) is 1. The molecule has 0 saturated heterocycles. The smallest absolute Gasteiger partial charge is 0.209 e. The van der Waals surface area contributed by atoms with Gasteiger partial charge in [0.25, 0.3) is 0 Å². The molecule has 0 spiro atoms. The van der Waals surface area contributed by atoms with E-state index in [1.54, 1.807) is 0 Å². The molecule has 3 aromatic rings. The van der Waals surface area contributed by atoms with Crippen LogP contribution < -0.4 is 16.0 Å². The fraction of sp³-hybridized carbons (Fsp3) is 0.370. The number of para-hydroxylation sites is 2. The molecule has 4 heteroatoms. The summed E-state index contributed by atoms with van der Waals surface area (Å²) in [6.07, 6.45) is 18.7. The molecule has 0 saturated carbocycles. The van der Waals surface area contributed by atoms with Crippen LogP contribution in [0, 0.1) is 0 Å². The number of hydrogen-bond donors (Lipinski definition) is 2. The van der Waals surface area contributed by atoms with Gasteiger partial charge in [0.2, 0.25) is 5.69 Å². The maximum absolute atomic E-state index is 6.66. The number of allylic oxidation sites excluding steroid dienone is 8. The van der Waals surface area contributed by atoms with Crippen LogP contribution in [0.15, 0.2) is 138 Å².